The van der Waals surface area contributed by atoms with Gasteiger partial charge in [-0.15, -0.1) is 0 Å². The molecule has 0 amide bonds. The summed E-state index contributed by atoms with van der Waals surface area (Å²) < 4.78 is 18.6. The molecule has 1 unspecified atom stereocenters. The van der Waals surface area contributed by atoms with E-state index in [0.29, 0.717) is 17.4 Å². The number of anilines is 1. The number of benzene rings is 1. The fourth-order valence-corrected chi connectivity index (χ4v) is 2.37. The Bertz CT molecular complexity index is 437. The maximum Gasteiger partial charge on any atom is 0.161 e. The number of thioether (sulfide) groups is 1. The molecule has 0 saturated carbocycles. The van der Waals surface area contributed by atoms with Crippen molar-refractivity contribution in [2.45, 2.75) is 6.92 Å². The van der Waals surface area contributed by atoms with E-state index in [4.69, 9.17) is 4.74 Å². The van der Waals surface area contributed by atoms with Gasteiger partial charge in [0.1, 0.15) is 11.6 Å². The van der Waals surface area contributed by atoms with Crippen molar-refractivity contribution in [3.8, 4) is 5.75 Å². The largest absolute Gasteiger partial charge is 0.497 e. The van der Waals surface area contributed by atoms with E-state index in [9.17, 15) is 4.39 Å². The summed E-state index contributed by atoms with van der Waals surface area (Å²) in [5.41, 5.74) is 0.408. The molecule has 1 aliphatic rings. The molecule has 0 radical (unpaired) electrons. The summed E-state index contributed by atoms with van der Waals surface area (Å²) >= 11 is 1.62. The van der Waals surface area contributed by atoms with E-state index in [1.54, 1.807) is 31.0 Å². The molecule has 92 valence electrons. The Morgan fingerprint density at radius 1 is 1.53 bits per heavy atom. The first-order chi connectivity index (χ1) is 8.19. The lowest BCUT2D eigenvalue weighted by Crippen LogP contribution is -2.19. The third-order valence-electron chi connectivity index (χ3n) is 2.47. The topological polar surface area (TPSA) is 33.6 Å². The second-order valence-electron chi connectivity index (χ2n) is 4.03. The Kier molecular flexibility index (Phi) is 3.89. The number of hydrogen-bond acceptors (Lipinski definition) is 4. The van der Waals surface area contributed by atoms with Crippen LogP contribution in [0.1, 0.15) is 6.92 Å². The van der Waals surface area contributed by atoms with Crippen LogP contribution in [0.25, 0.3) is 0 Å². The second kappa shape index (κ2) is 5.40. The lowest BCUT2D eigenvalue weighted by atomic mass is 10.2. The van der Waals surface area contributed by atoms with E-state index < -0.39 is 0 Å². The molecule has 1 heterocycles. The van der Waals surface area contributed by atoms with Crippen molar-refractivity contribution in [1.82, 2.24) is 0 Å². The number of halogens is 1. The van der Waals surface area contributed by atoms with E-state index in [0.717, 1.165) is 17.5 Å². The Morgan fingerprint density at radius 3 is 3.00 bits per heavy atom. The normalized spacial score (nSPS) is 19.7. The number of amidine groups is 1. The molecule has 3 nitrogen and oxygen atoms in total. The number of ether oxygens (including phenoxy) is 1. The smallest absolute Gasteiger partial charge is 0.161 e. The lowest BCUT2D eigenvalue weighted by Gasteiger charge is -2.18. The predicted molar refractivity (Wildman–Crippen MR) is 70.5 cm³/mol. The lowest BCUT2D eigenvalue weighted by molar-refractivity contribution is 0.414. The third-order valence-corrected chi connectivity index (χ3v) is 3.71. The summed E-state index contributed by atoms with van der Waals surface area (Å²) in [6.07, 6.45) is 0. The van der Waals surface area contributed by atoms with Crippen molar-refractivity contribution in [1.29, 1.82) is 0 Å². The molecular weight excluding hydrogens is 239 g/mol. The first-order valence-electron chi connectivity index (χ1n) is 5.47. The van der Waals surface area contributed by atoms with Gasteiger partial charge in [-0.2, -0.15) is 0 Å². The molecule has 0 aromatic heterocycles. The summed E-state index contributed by atoms with van der Waals surface area (Å²) in [5, 5.41) is 3.78. The average molecular weight is 254 g/mol. The predicted octanol–water partition coefficient (Wildman–Crippen LogP) is 2.99. The number of rotatable bonds is 2. The van der Waals surface area contributed by atoms with Crippen LogP contribution in [0.2, 0.25) is 0 Å². The first-order valence-corrected chi connectivity index (χ1v) is 6.45. The van der Waals surface area contributed by atoms with Gasteiger partial charge in [-0.25, -0.2) is 4.39 Å². The highest BCUT2D eigenvalue weighted by molar-refractivity contribution is 8.14. The van der Waals surface area contributed by atoms with Crippen LogP contribution < -0.4 is 10.1 Å². The minimum atomic E-state index is -0.298. The van der Waals surface area contributed by atoms with Gasteiger partial charge in [0.05, 0.1) is 12.8 Å². The van der Waals surface area contributed by atoms with Crippen LogP contribution in [0.5, 0.6) is 5.75 Å². The fourth-order valence-electron chi connectivity index (χ4n) is 1.48. The van der Waals surface area contributed by atoms with Gasteiger partial charge in [-0.1, -0.05) is 18.7 Å². The molecule has 17 heavy (non-hydrogen) atoms. The van der Waals surface area contributed by atoms with Crippen LogP contribution in [0, 0.1) is 11.7 Å². The first kappa shape index (κ1) is 12.2. The Morgan fingerprint density at radius 2 is 2.35 bits per heavy atom. The van der Waals surface area contributed by atoms with E-state index in [1.165, 1.54) is 6.07 Å². The summed E-state index contributed by atoms with van der Waals surface area (Å²) in [6, 6.07) is 4.62. The number of nitrogens with one attached hydrogen (secondary N) is 1. The molecular formula is C12H15FN2OS. The zero-order chi connectivity index (χ0) is 12.3. The molecule has 0 bridgehead atoms. The Labute approximate surface area is 104 Å². The second-order valence-corrected chi connectivity index (χ2v) is 5.04. The molecule has 1 aromatic rings. The number of nitrogens with zero attached hydrogens (tertiary/aromatic N) is 1. The van der Waals surface area contributed by atoms with E-state index in [2.05, 4.69) is 17.2 Å². The summed E-state index contributed by atoms with van der Waals surface area (Å²) in [5.74, 6) is 1.93. The van der Waals surface area contributed by atoms with Crippen LogP contribution in [0.4, 0.5) is 10.1 Å². The van der Waals surface area contributed by atoms with Crippen molar-refractivity contribution in [3.05, 3.63) is 24.0 Å². The van der Waals surface area contributed by atoms with Crippen molar-refractivity contribution in [2.24, 2.45) is 10.9 Å². The molecule has 0 saturated heterocycles. The fraction of sp³-hybridized carbons (Fsp3) is 0.417. The van der Waals surface area contributed by atoms with Gasteiger partial charge in [-0.3, -0.25) is 4.99 Å². The quantitative estimate of drug-likeness (QED) is 0.881. The van der Waals surface area contributed by atoms with Crippen LogP contribution in [0.15, 0.2) is 23.2 Å². The molecule has 1 aliphatic heterocycles. The third kappa shape index (κ3) is 3.12. The molecule has 1 N–H and O–H groups in total. The minimum Gasteiger partial charge on any atom is -0.497 e. The number of methoxy groups -OCH3 is 1. The van der Waals surface area contributed by atoms with Crippen molar-refractivity contribution >= 4 is 22.6 Å². The van der Waals surface area contributed by atoms with Crippen LogP contribution in [-0.2, 0) is 0 Å². The Hall–Kier alpha value is -1.23. The molecule has 1 aromatic carbocycles. The van der Waals surface area contributed by atoms with Gasteiger partial charge in [0.15, 0.2) is 5.17 Å². The van der Waals surface area contributed by atoms with Crippen LogP contribution in [-0.4, -0.2) is 24.6 Å². The highest BCUT2D eigenvalue weighted by Gasteiger charge is 2.13. The summed E-state index contributed by atoms with van der Waals surface area (Å²) in [7, 11) is 1.56. The van der Waals surface area contributed by atoms with E-state index in [-0.39, 0.29) is 5.82 Å². The zero-order valence-electron chi connectivity index (χ0n) is 9.87. The van der Waals surface area contributed by atoms with E-state index in [1.807, 2.05) is 0 Å². The maximum atomic E-state index is 13.6. The molecule has 1 atom stereocenters. The van der Waals surface area contributed by atoms with Crippen molar-refractivity contribution < 1.29 is 9.13 Å². The van der Waals surface area contributed by atoms with Crippen LogP contribution >= 0.6 is 11.8 Å². The number of hydrogen-bond donors (Lipinski definition) is 1. The maximum absolute atomic E-state index is 13.6. The highest BCUT2D eigenvalue weighted by Crippen LogP contribution is 2.24. The van der Waals surface area contributed by atoms with Gasteiger partial charge in [0.2, 0.25) is 0 Å². The highest BCUT2D eigenvalue weighted by atomic mass is 32.2. The van der Waals surface area contributed by atoms with Crippen molar-refractivity contribution in [3.63, 3.8) is 0 Å². The molecule has 0 fully saturated rings. The van der Waals surface area contributed by atoms with Crippen molar-refractivity contribution in [2.75, 3.05) is 24.7 Å². The zero-order valence-corrected chi connectivity index (χ0v) is 10.7. The molecule has 0 aliphatic carbocycles. The van der Waals surface area contributed by atoms with Gasteiger partial charge in [0, 0.05) is 18.4 Å². The van der Waals surface area contributed by atoms with Gasteiger partial charge >= 0.3 is 0 Å². The summed E-state index contributed by atoms with van der Waals surface area (Å²) in [4.78, 5) is 4.36. The standard InChI is InChI=1S/C12H15FN2OS/c1-8-6-14-12(17-7-8)15-11-5-9(16-2)3-4-10(11)13/h3-5,8H,6-7H2,1-2H3,(H,14,15). The molecule has 5 heteroatoms. The van der Waals surface area contributed by atoms with Gasteiger partial charge in [-0.05, 0) is 18.1 Å². The van der Waals surface area contributed by atoms with Crippen LogP contribution in [0.3, 0.4) is 0 Å². The van der Waals surface area contributed by atoms with E-state index >= 15 is 0 Å². The van der Waals surface area contributed by atoms with Gasteiger partial charge in [0.25, 0.3) is 0 Å². The molecule has 2 rings (SSSR count). The van der Waals surface area contributed by atoms with Gasteiger partial charge < -0.3 is 10.1 Å². The number of aliphatic imine (C=N–C) groups is 1. The SMILES string of the molecule is COc1ccc(F)c(NC2=NCC(C)CS2)c1. The average Bonchev–Trinajstić information content (AvgIpc) is 2.35. The summed E-state index contributed by atoms with van der Waals surface area (Å²) in [6.45, 7) is 2.94. The minimum absolute atomic E-state index is 0.298. The Balaban J connectivity index is 2.12. The monoisotopic (exact) mass is 254 g/mol. The molecule has 0 spiro atoms.